The Morgan fingerprint density at radius 1 is 1.25 bits per heavy atom. The first-order chi connectivity index (χ1) is 11.6. The first-order valence-electron chi connectivity index (χ1n) is 8.79. The summed E-state index contributed by atoms with van der Waals surface area (Å²) in [7, 11) is 0. The quantitative estimate of drug-likeness (QED) is 0.816. The van der Waals surface area contributed by atoms with Crippen molar-refractivity contribution in [1.82, 2.24) is 15.1 Å². The number of benzene rings is 1. The normalized spacial score (nSPS) is 15.8. The molecular weight excluding hydrogens is 325 g/mol. The zero-order valence-corrected chi connectivity index (χ0v) is 15.4. The second-order valence-corrected chi connectivity index (χ2v) is 7.39. The van der Waals surface area contributed by atoms with Crippen molar-refractivity contribution >= 4 is 17.8 Å². The SMILES string of the molecule is CCN(CC)CCNC(=O)N1CCC(Sc2ccc(F)cc2)CC1. The fourth-order valence-electron chi connectivity index (χ4n) is 2.85. The summed E-state index contributed by atoms with van der Waals surface area (Å²) in [5.41, 5.74) is 0. The van der Waals surface area contributed by atoms with Crippen LogP contribution in [0.3, 0.4) is 0 Å². The molecule has 1 aliphatic heterocycles. The highest BCUT2D eigenvalue weighted by Crippen LogP contribution is 2.30. The monoisotopic (exact) mass is 353 g/mol. The highest BCUT2D eigenvalue weighted by Gasteiger charge is 2.23. The van der Waals surface area contributed by atoms with Crippen LogP contribution in [0, 0.1) is 5.82 Å². The molecule has 0 unspecified atom stereocenters. The Morgan fingerprint density at radius 3 is 2.46 bits per heavy atom. The molecule has 0 radical (unpaired) electrons. The number of likely N-dealkylation sites (tertiary alicyclic amines) is 1. The maximum absolute atomic E-state index is 12.9. The van der Waals surface area contributed by atoms with E-state index in [4.69, 9.17) is 0 Å². The summed E-state index contributed by atoms with van der Waals surface area (Å²) in [6.07, 6.45) is 1.96. The van der Waals surface area contributed by atoms with E-state index in [1.54, 1.807) is 11.8 Å². The summed E-state index contributed by atoms with van der Waals surface area (Å²) in [5.74, 6) is -0.199. The number of urea groups is 1. The minimum absolute atomic E-state index is 0.0485. The number of halogens is 1. The number of nitrogens with one attached hydrogen (secondary N) is 1. The number of hydrogen-bond donors (Lipinski definition) is 1. The third-order valence-corrected chi connectivity index (χ3v) is 5.79. The fraction of sp³-hybridized carbons (Fsp3) is 0.611. The number of rotatable bonds is 7. The molecule has 1 N–H and O–H groups in total. The lowest BCUT2D eigenvalue weighted by molar-refractivity contribution is 0.185. The molecule has 2 rings (SSSR count). The van der Waals surface area contributed by atoms with Crippen LogP contribution in [-0.2, 0) is 0 Å². The van der Waals surface area contributed by atoms with Crippen LogP contribution in [0.25, 0.3) is 0 Å². The van der Waals surface area contributed by atoms with Crippen molar-refractivity contribution in [3.8, 4) is 0 Å². The van der Waals surface area contributed by atoms with Crippen LogP contribution in [0.1, 0.15) is 26.7 Å². The van der Waals surface area contributed by atoms with Crippen molar-refractivity contribution in [2.45, 2.75) is 36.8 Å². The molecule has 1 heterocycles. The van der Waals surface area contributed by atoms with Crippen molar-refractivity contribution in [2.75, 3.05) is 39.3 Å². The lowest BCUT2D eigenvalue weighted by Gasteiger charge is -2.32. The molecule has 0 aromatic heterocycles. The van der Waals surface area contributed by atoms with Crippen LogP contribution in [0.4, 0.5) is 9.18 Å². The molecule has 1 fully saturated rings. The van der Waals surface area contributed by atoms with Gasteiger partial charge < -0.3 is 15.1 Å². The number of thioether (sulfide) groups is 1. The van der Waals surface area contributed by atoms with E-state index in [0.29, 0.717) is 11.8 Å². The van der Waals surface area contributed by atoms with Gasteiger partial charge in [0.2, 0.25) is 0 Å². The number of carbonyl (C=O) groups is 1. The minimum atomic E-state index is -0.199. The zero-order chi connectivity index (χ0) is 17.4. The van der Waals surface area contributed by atoms with E-state index in [1.807, 2.05) is 17.0 Å². The summed E-state index contributed by atoms with van der Waals surface area (Å²) < 4.78 is 12.9. The van der Waals surface area contributed by atoms with Crippen molar-refractivity contribution in [2.24, 2.45) is 0 Å². The Hall–Kier alpha value is -1.27. The Balaban J connectivity index is 1.68. The molecule has 0 atom stereocenters. The molecule has 24 heavy (non-hydrogen) atoms. The van der Waals surface area contributed by atoms with Crippen molar-refractivity contribution in [3.05, 3.63) is 30.1 Å². The molecule has 6 heteroatoms. The molecule has 1 aromatic rings. The summed E-state index contributed by atoms with van der Waals surface area (Å²) in [4.78, 5) is 17.5. The molecule has 1 aromatic carbocycles. The predicted molar refractivity (Wildman–Crippen MR) is 98.0 cm³/mol. The third kappa shape index (κ3) is 5.98. The molecule has 1 aliphatic rings. The van der Waals surface area contributed by atoms with E-state index in [2.05, 4.69) is 24.1 Å². The van der Waals surface area contributed by atoms with Crippen LogP contribution < -0.4 is 5.32 Å². The zero-order valence-electron chi connectivity index (χ0n) is 14.6. The third-order valence-electron chi connectivity index (χ3n) is 4.44. The van der Waals surface area contributed by atoms with Gasteiger partial charge in [-0.3, -0.25) is 0 Å². The summed E-state index contributed by atoms with van der Waals surface area (Å²) in [6.45, 7) is 9.47. The molecule has 1 saturated heterocycles. The number of piperidine rings is 1. The van der Waals surface area contributed by atoms with E-state index in [-0.39, 0.29) is 11.8 Å². The Labute approximate surface area is 148 Å². The van der Waals surface area contributed by atoms with Crippen LogP contribution in [0.2, 0.25) is 0 Å². The average molecular weight is 354 g/mol. The standard InChI is InChI=1S/C18H28FN3OS/c1-3-21(4-2)14-11-20-18(23)22-12-9-17(10-13-22)24-16-7-5-15(19)6-8-16/h5-8,17H,3-4,9-14H2,1-2H3,(H,20,23). The van der Waals surface area contributed by atoms with Gasteiger partial charge in [-0.15, -0.1) is 11.8 Å². The van der Waals surface area contributed by atoms with Crippen molar-refractivity contribution in [1.29, 1.82) is 0 Å². The molecule has 4 nitrogen and oxygen atoms in total. The van der Waals surface area contributed by atoms with Gasteiger partial charge in [-0.1, -0.05) is 13.8 Å². The van der Waals surface area contributed by atoms with Gasteiger partial charge in [-0.05, 0) is 50.2 Å². The van der Waals surface area contributed by atoms with Gasteiger partial charge in [0.1, 0.15) is 5.82 Å². The summed E-state index contributed by atoms with van der Waals surface area (Å²) >= 11 is 1.78. The summed E-state index contributed by atoms with van der Waals surface area (Å²) in [5, 5.41) is 3.51. The molecular formula is C18H28FN3OS. The first kappa shape index (κ1) is 19.1. The van der Waals surface area contributed by atoms with Gasteiger partial charge in [-0.25, -0.2) is 9.18 Å². The van der Waals surface area contributed by atoms with Crippen LogP contribution in [-0.4, -0.2) is 60.3 Å². The Morgan fingerprint density at radius 2 is 1.88 bits per heavy atom. The number of likely N-dealkylation sites (N-methyl/N-ethyl adjacent to an activating group) is 1. The number of hydrogen-bond acceptors (Lipinski definition) is 3. The second kappa shape index (κ2) is 9.89. The molecule has 0 bridgehead atoms. The number of nitrogens with zero attached hydrogens (tertiary/aromatic N) is 2. The Kier molecular flexibility index (Phi) is 7.85. The lowest BCUT2D eigenvalue weighted by atomic mass is 10.1. The van der Waals surface area contributed by atoms with E-state index < -0.39 is 0 Å². The van der Waals surface area contributed by atoms with Gasteiger partial charge in [-0.2, -0.15) is 0 Å². The summed E-state index contributed by atoms with van der Waals surface area (Å²) in [6, 6.07) is 6.70. The molecule has 0 spiro atoms. The highest BCUT2D eigenvalue weighted by atomic mass is 32.2. The number of carbonyl (C=O) groups excluding carboxylic acids is 1. The van der Waals surface area contributed by atoms with Crippen molar-refractivity contribution in [3.63, 3.8) is 0 Å². The highest BCUT2D eigenvalue weighted by molar-refractivity contribution is 8.00. The van der Waals surface area contributed by atoms with Crippen molar-refractivity contribution < 1.29 is 9.18 Å². The largest absolute Gasteiger partial charge is 0.337 e. The fourth-order valence-corrected chi connectivity index (χ4v) is 3.98. The van der Waals surface area contributed by atoms with Gasteiger partial charge in [0.25, 0.3) is 0 Å². The molecule has 0 saturated carbocycles. The first-order valence-corrected chi connectivity index (χ1v) is 9.67. The van der Waals surface area contributed by atoms with Crippen LogP contribution in [0.5, 0.6) is 0 Å². The lowest BCUT2D eigenvalue weighted by Crippen LogP contribution is -2.46. The molecule has 2 amide bonds. The van der Waals surface area contributed by atoms with Gasteiger partial charge in [0.15, 0.2) is 0 Å². The topological polar surface area (TPSA) is 35.6 Å². The predicted octanol–water partition coefficient (Wildman–Crippen LogP) is 3.43. The van der Waals surface area contributed by atoms with Crippen LogP contribution in [0.15, 0.2) is 29.2 Å². The molecule has 0 aliphatic carbocycles. The average Bonchev–Trinajstić information content (AvgIpc) is 2.61. The van der Waals surface area contributed by atoms with E-state index >= 15 is 0 Å². The minimum Gasteiger partial charge on any atom is -0.337 e. The number of amides is 2. The smallest absolute Gasteiger partial charge is 0.317 e. The maximum Gasteiger partial charge on any atom is 0.317 e. The van der Waals surface area contributed by atoms with Gasteiger partial charge >= 0.3 is 6.03 Å². The van der Waals surface area contributed by atoms with E-state index in [9.17, 15) is 9.18 Å². The molecule has 134 valence electrons. The van der Waals surface area contributed by atoms with Crippen LogP contribution >= 0.6 is 11.8 Å². The van der Waals surface area contributed by atoms with E-state index in [1.165, 1.54) is 12.1 Å². The Bertz CT molecular complexity index is 499. The maximum atomic E-state index is 12.9. The van der Waals surface area contributed by atoms with Gasteiger partial charge in [0, 0.05) is 36.3 Å². The van der Waals surface area contributed by atoms with Gasteiger partial charge in [0.05, 0.1) is 0 Å². The second-order valence-electron chi connectivity index (χ2n) is 6.02. The van der Waals surface area contributed by atoms with E-state index in [0.717, 1.165) is 50.5 Å².